The SMILES string of the molecule is O=C(NC1CCN(Cc2ccccc2)C1)c1ccc2c(c1)C(=O)N(C1CCCCC1)C2=O. The zero-order chi connectivity index (χ0) is 22.1. The molecule has 32 heavy (non-hydrogen) atoms. The van der Waals surface area contributed by atoms with Gasteiger partial charge in [0.2, 0.25) is 0 Å². The van der Waals surface area contributed by atoms with Crippen LogP contribution in [0.2, 0.25) is 0 Å². The highest BCUT2D eigenvalue weighted by molar-refractivity contribution is 6.22. The van der Waals surface area contributed by atoms with E-state index >= 15 is 0 Å². The summed E-state index contributed by atoms with van der Waals surface area (Å²) in [7, 11) is 0. The Hall–Kier alpha value is -2.99. The number of rotatable bonds is 5. The summed E-state index contributed by atoms with van der Waals surface area (Å²) in [5.41, 5.74) is 2.50. The second-order valence-electron chi connectivity index (χ2n) is 9.21. The molecular formula is C26H29N3O3. The van der Waals surface area contributed by atoms with E-state index in [1.54, 1.807) is 18.2 Å². The Morgan fingerprint density at radius 1 is 0.906 bits per heavy atom. The normalized spacial score (nSPS) is 21.8. The average molecular weight is 432 g/mol. The minimum absolute atomic E-state index is 0.0116. The molecule has 3 aliphatic rings. The van der Waals surface area contributed by atoms with E-state index in [1.165, 1.54) is 10.5 Å². The van der Waals surface area contributed by atoms with Crippen molar-refractivity contribution in [1.82, 2.24) is 15.1 Å². The third-order valence-corrected chi connectivity index (χ3v) is 6.98. The van der Waals surface area contributed by atoms with Gasteiger partial charge < -0.3 is 5.32 Å². The van der Waals surface area contributed by atoms with Crippen LogP contribution in [0.25, 0.3) is 0 Å². The lowest BCUT2D eigenvalue weighted by Gasteiger charge is -2.29. The van der Waals surface area contributed by atoms with E-state index in [9.17, 15) is 14.4 Å². The quantitative estimate of drug-likeness (QED) is 0.734. The minimum atomic E-state index is -0.249. The Balaban J connectivity index is 1.23. The molecule has 0 radical (unpaired) electrons. The van der Waals surface area contributed by atoms with Gasteiger partial charge in [-0.3, -0.25) is 24.2 Å². The number of benzene rings is 2. The largest absolute Gasteiger partial charge is 0.348 e. The summed E-state index contributed by atoms with van der Waals surface area (Å²) in [5.74, 6) is -0.645. The average Bonchev–Trinajstić information content (AvgIpc) is 3.36. The summed E-state index contributed by atoms with van der Waals surface area (Å²) in [6.07, 6.45) is 5.91. The fourth-order valence-corrected chi connectivity index (χ4v) is 5.28. The molecule has 1 unspecified atom stereocenters. The summed E-state index contributed by atoms with van der Waals surface area (Å²) >= 11 is 0. The van der Waals surface area contributed by atoms with Crippen LogP contribution < -0.4 is 5.32 Å². The molecule has 6 heteroatoms. The number of nitrogens with zero attached hydrogens (tertiary/aromatic N) is 2. The van der Waals surface area contributed by atoms with E-state index in [2.05, 4.69) is 22.3 Å². The van der Waals surface area contributed by atoms with Crippen molar-refractivity contribution in [2.45, 2.75) is 57.2 Å². The Kier molecular flexibility index (Phi) is 5.79. The number of imide groups is 1. The van der Waals surface area contributed by atoms with Gasteiger partial charge in [-0.2, -0.15) is 0 Å². The summed E-state index contributed by atoms with van der Waals surface area (Å²) in [4.78, 5) is 42.5. The molecule has 0 bridgehead atoms. The van der Waals surface area contributed by atoms with E-state index in [4.69, 9.17) is 0 Å². The Labute approximate surface area is 188 Å². The van der Waals surface area contributed by atoms with Gasteiger partial charge in [0.25, 0.3) is 17.7 Å². The molecule has 5 rings (SSSR count). The second-order valence-corrected chi connectivity index (χ2v) is 9.21. The number of likely N-dealkylation sites (tertiary alicyclic amines) is 1. The number of carbonyl (C=O) groups excluding carboxylic acids is 3. The summed E-state index contributed by atoms with van der Waals surface area (Å²) in [6, 6.07) is 15.3. The van der Waals surface area contributed by atoms with Gasteiger partial charge in [0, 0.05) is 37.3 Å². The molecule has 1 saturated carbocycles. The Bertz CT molecular complexity index is 1030. The number of hydrogen-bond donors (Lipinski definition) is 1. The predicted octanol–water partition coefficient (Wildman–Crippen LogP) is 3.62. The van der Waals surface area contributed by atoms with Crippen molar-refractivity contribution >= 4 is 17.7 Å². The van der Waals surface area contributed by atoms with E-state index in [1.807, 2.05) is 18.2 Å². The third kappa shape index (κ3) is 4.07. The molecule has 2 aliphatic heterocycles. The van der Waals surface area contributed by atoms with Crippen molar-refractivity contribution in [3.63, 3.8) is 0 Å². The molecule has 1 atom stereocenters. The van der Waals surface area contributed by atoms with Crippen LogP contribution in [-0.4, -0.2) is 52.7 Å². The maximum atomic E-state index is 13.0. The van der Waals surface area contributed by atoms with Crippen LogP contribution in [0.15, 0.2) is 48.5 Å². The molecule has 0 spiro atoms. The van der Waals surface area contributed by atoms with Gasteiger partial charge in [0.1, 0.15) is 0 Å². The molecule has 1 saturated heterocycles. The highest BCUT2D eigenvalue weighted by atomic mass is 16.2. The maximum absolute atomic E-state index is 13.0. The van der Waals surface area contributed by atoms with Crippen molar-refractivity contribution < 1.29 is 14.4 Å². The maximum Gasteiger partial charge on any atom is 0.261 e. The second kappa shape index (κ2) is 8.87. The predicted molar refractivity (Wildman–Crippen MR) is 121 cm³/mol. The molecule has 0 aromatic heterocycles. The van der Waals surface area contributed by atoms with Crippen molar-refractivity contribution in [2.24, 2.45) is 0 Å². The lowest BCUT2D eigenvalue weighted by atomic mass is 9.94. The number of amides is 3. The van der Waals surface area contributed by atoms with Gasteiger partial charge >= 0.3 is 0 Å². The lowest BCUT2D eigenvalue weighted by molar-refractivity contribution is 0.0548. The minimum Gasteiger partial charge on any atom is -0.348 e. The standard InChI is InChI=1S/C26H29N3O3/c30-24(27-20-13-14-28(17-20)16-18-7-3-1-4-8-18)19-11-12-22-23(15-19)26(32)29(25(22)31)21-9-5-2-6-10-21/h1,3-4,7-8,11-12,15,20-21H,2,5-6,9-10,13-14,16-17H2,(H,27,30). The number of carbonyl (C=O) groups is 3. The van der Waals surface area contributed by atoms with Crippen LogP contribution in [0.3, 0.4) is 0 Å². The van der Waals surface area contributed by atoms with E-state index in [0.717, 1.165) is 58.2 Å². The van der Waals surface area contributed by atoms with Crippen LogP contribution in [0.4, 0.5) is 0 Å². The third-order valence-electron chi connectivity index (χ3n) is 6.98. The highest BCUT2D eigenvalue weighted by Gasteiger charge is 2.40. The van der Waals surface area contributed by atoms with Crippen LogP contribution in [-0.2, 0) is 6.54 Å². The van der Waals surface area contributed by atoms with Gasteiger partial charge in [-0.05, 0) is 43.0 Å². The topological polar surface area (TPSA) is 69.7 Å². The number of hydrogen-bond acceptors (Lipinski definition) is 4. The van der Waals surface area contributed by atoms with Gasteiger partial charge in [-0.1, -0.05) is 49.6 Å². The van der Waals surface area contributed by atoms with Gasteiger partial charge in [-0.15, -0.1) is 0 Å². The first-order chi connectivity index (χ1) is 15.6. The zero-order valence-electron chi connectivity index (χ0n) is 18.3. The highest BCUT2D eigenvalue weighted by Crippen LogP contribution is 2.31. The van der Waals surface area contributed by atoms with Crippen LogP contribution in [0.1, 0.15) is 75.2 Å². The number of nitrogens with one attached hydrogen (secondary N) is 1. The van der Waals surface area contributed by atoms with E-state index in [0.29, 0.717) is 16.7 Å². The van der Waals surface area contributed by atoms with Crippen molar-refractivity contribution in [3.05, 3.63) is 70.8 Å². The van der Waals surface area contributed by atoms with Crippen LogP contribution in [0, 0.1) is 0 Å². The molecule has 1 N–H and O–H groups in total. The Morgan fingerprint density at radius 2 is 1.66 bits per heavy atom. The number of fused-ring (bicyclic) bond motifs is 1. The smallest absolute Gasteiger partial charge is 0.261 e. The monoisotopic (exact) mass is 431 g/mol. The van der Waals surface area contributed by atoms with E-state index < -0.39 is 0 Å². The van der Waals surface area contributed by atoms with Crippen molar-refractivity contribution in [1.29, 1.82) is 0 Å². The van der Waals surface area contributed by atoms with Gasteiger partial charge in [-0.25, -0.2) is 0 Å². The summed E-state index contributed by atoms with van der Waals surface area (Å²) in [6.45, 7) is 2.62. The van der Waals surface area contributed by atoms with Crippen LogP contribution >= 0.6 is 0 Å². The first-order valence-corrected chi connectivity index (χ1v) is 11.7. The molecular weight excluding hydrogens is 402 g/mol. The molecule has 166 valence electrons. The van der Waals surface area contributed by atoms with Gasteiger partial charge in [0.05, 0.1) is 11.1 Å². The molecule has 2 heterocycles. The summed E-state index contributed by atoms with van der Waals surface area (Å²) in [5, 5.41) is 3.11. The molecule has 1 aliphatic carbocycles. The van der Waals surface area contributed by atoms with Crippen LogP contribution in [0.5, 0.6) is 0 Å². The molecule has 3 amide bonds. The van der Waals surface area contributed by atoms with E-state index in [-0.39, 0.29) is 29.8 Å². The molecule has 2 fully saturated rings. The summed E-state index contributed by atoms with van der Waals surface area (Å²) < 4.78 is 0. The first kappa shape index (κ1) is 20.9. The molecule has 2 aromatic rings. The fourth-order valence-electron chi connectivity index (χ4n) is 5.28. The zero-order valence-corrected chi connectivity index (χ0v) is 18.3. The van der Waals surface area contributed by atoms with Crippen molar-refractivity contribution in [2.75, 3.05) is 13.1 Å². The van der Waals surface area contributed by atoms with Crippen molar-refractivity contribution in [3.8, 4) is 0 Å². The Morgan fingerprint density at radius 3 is 2.44 bits per heavy atom. The molecule has 6 nitrogen and oxygen atoms in total. The first-order valence-electron chi connectivity index (χ1n) is 11.7. The fraction of sp³-hybridized carbons (Fsp3) is 0.423. The lowest BCUT2D eigenvalue weighted by Crippen LogP contribution is -2.40. The van der Waals surface area contributed by atoms with Gasteiger partial charge in [0.15, 0.2) is 0 Å². The molecule has 2 aromatic carbocycles.